The van der Waals surface area contributed by atoms with Crippen molar-refractivity contribution in [2.45, 2.75) is 13.8 Å². The number of fused-ring (bicyclic) bond motifs is 1. The summed E-state index contributed by atoms with van der Waals surface area (Å²) in [6.07, 6.45) is 3.21. The highest BCUT2D eigenvalue weighted by molar-refractivity contribution is 5.95. The zero-order valence-corrected chi connectivity index (χ0v) is 14.5. The summed E-state index contributed by atoms with van der Waals surface area (Å²) in [6, 6.07) is 13.0. The van der Waals surface area contributed by atoms with Gasteiger partial charge in [-0.1, -0.05) is 6.07 Å². The molecule has 0 unspecified atom stereocenters. The number of benzene rings is 2. The Kier molecular flexibility index (Phi) is 3.84. The molecule has 4 rings (SSSR count). The fraction of sp³-hybridized carbons (Fsp3) is 0.0952. The summed E-state index contributed by atoms with van der Waals surface area (Å²) in [5, 5.41) is 0.813. The largest absolute Gasteiger partial charge is 0.383 e. The van der Waals surface area contributed by atoms with Crippen LogP contribution in [0.4, 0.5) is 10.2 Å². The van der Waals surface area contributed by atoms with Crippen molar-refractivity contribution in [3.63, 3.8) is 0 Å². The van der Waals surface area contributed by atoms with E-state index in [0.717, 1.165) is 38.9 Å². The van der Waals surface area contributed by atoms with Crippen LogP contribution < -0.4 is 5.73 Å². The number of pyridine rings is 1. The van der Waals surface area contributed by atoms with Gasteiger partial charge in [0.15, 0.2) is 0 Å². The first-order valence-electron chi connectivity index (χ1n) is 8.27. The van der Waals surface area contributed by atoms with E-state index in [2.05, 4.69) is 21.0 Å². The average molecular weight is 344 g/mol. The summed E-state index contributed by atoms with van der Waals surface area (Å²) in [7, 11) is 0. The monoisotopic (exact) mass is 344 g/mol. The van der Waals surface area contributed by atoms with Crippen LogP contribution in [0.5, 0.6) is 0 Å². The highest BCUT2D eigenvalue weighted by Crippen LogP contribution is 2.34. The molecule has 5 heteroatoms. The Morgan fingerprint density at radius 3 is 2.50 bits per heavy atom. The molecule has 2 heterocycles. The van der Waals surface area contributed by atoms with E-state index < -0.39 is 0 Å². The van der Waals surface area contributed by atoms with Crippen LogP contribution in [0.1, 0.15) is 11.1 Å². The Morgan fingerprint density at radius 2 is 1.69 bits per heavy atom. The summed E-state index contributed by atoms with van der Waals surface area (Å²) in [4.78, 5) is 13.0. The highest BCUT2D eigenvalue weighted by atomic mass is 19.1. The molecule has 4 nitrogen and oxygen atoms in total. The van der Waals surface area contributed by atoms with Crippen LogP contribution in [0, 0.1) is 19.7 Å². The van der Waals surface area contributed by atoms with Crippen molar-refractivity contribution in [2.75, 3.05) is 5.73 Å². The maximum Gasteiger partial charge on any atom is 0.134 e. The molecule has 0 aliphatic rings. The van der Waals surface area contributed by atoms with Gasteiger partial charge in [0.25, 0.3) is 0 Å². The van der Waals surface area contributed by atoms with Crippen LogP contribution in [-0.4, -0.2) is 15.0 Å². The van der Waals surface area contributed by atoms with Crippen molar-refractivity contribution >= 4 is 16.7 Å². The quantitative estimate of drug-likeness (QED) is 0.572. The van der Waals surface area contributed by atoms with Crippen LogP contribution in [0.3, 0.4) is 0 Å². The molecule has 0 atom stereocenters. The Bertz CT molecular complexity index is 1140. The van der Waals surface area contributed by atoms with Gasteiger partial charge in [0.1, 0.15) is 18.0 Å². The maximum atomic E-state index is 13.7. The minimum Gasteiger partial charge on any atom is -0.383 e. The van der Waals surface area contributed by atoms with Gasteiger partial charge in [-0.05, 0) is 66.9 Å². The molecule has 0 saturated heterocycles. The lowest BCUT2D eigenvalue weighted by atomic mass is 9.95. The number of nitrogens with zero attached hydrogens (tertiary/aromatic N) is 3. The zero-order valence-electron chi connectivity index (χ0n) is 14.5. The Balaban J connectivity index is 1.96. The van der Waals surface area contributed by atoms with E-state index >= 15 is 0 Å². The molecule has 2 aromatic heterocycles. The molecule has 4 aromatic rings. The molecule has 0 spiro atoms. The van der Waals surface area contributed by atoms with Crippen LogP contribution in [0.25, 0.3) is 33.3 Å². The third-order valence-electron chi connectivity index (χ3n) is 4.51. The first-order valence-corrected chi connectivity index (χ1v) is 8.27. The normalized spacial score (nSPS) is 11.0. The summed E-state index contributed by atoms with van der Waals surface area (Å²) in [6.45, 7) is 3.75. The number of aromatic nitrogens is 3. The van der Waals surface area contributed by atoms with Crippen molar-refractivity contribution in [1.29, 1.82) is 0 Å². The number of nitrogen functional groups attached to an aromatic ring is 1. The first kappa shape index (κ1) is 16.1. The molecule has 0 bridgehead atoms. The van der Waals surface area contributed by atoms with Crippen molar-refractivity contribution in [1.82, 2.24) is 15.0 Å². The average Bonchev–Trinajstić information content (AvgIpc) is 2.65. The minimum atomic E-state index is -0.224. The van der Waals surface area contributed by atoms with E-state index in [4.69, 9.17) is 5.73 Å². The number of aryl methyl sites for hydroxylation is 2. The van der Waals surface area contributed by atoms with Gasteiger partial charge in [-0.25, -0.2) is 14.4 Å². The van der Waals surface area contributed by atoms with E-state index in [1.54, 1.807) is 19.2 Å². The van der Waals surface area contributed by atoms with Gasteiger partial charge >= 0.3 is 0 Å². The third-order valence-corrected chi connectivity index (χ3v) is 4.51. The van der Waals surface area contributed by atoms with E-state index in [1.165, 1.54) is 12.4 Å². The Labute approximate surface area is 150 Å². The molecule has 0 amide bonds. The molecule has 0 aliphatic heterocycles. The molecule has 128 valence electrons. The maximum absolute atomic E-state index is 13.7. The molecule has 2 N–H and O–H groups in total. The summed E-state index contributed by atoms with van der Waals surface area (Å²) < 4.78 is 13.7. The lowest BCUT2D eigenvalue weighted by Gasteiger charge is -2.12. The van der Waals surface area contributed by atoms with Gasteiger partial charge in [0.05, 0.1) is 11.2 Å². The molecule has 2 aromatic carbocycles. The van der Waals surface area contributed by atoms with Gasteiger partial charge in [0, 0.05) is 22.7 Å². The molecule has 26 heavy (non-hydrogen) atoms. The van der Waals surface area contributed by atoms with E-state index in [1.807, 2.05) is 31.2 Å². The fourth-order valence-corrected chi connectivity index (χ4v) is 3.18. The molecule has 0 fully saturated rings. The van der Waals surface area contributed by atoms with E-state index in [-0.39, 0.29) is 5.82 Å². The number of hydrogen-bond acceptors (Lipinski definition) is 4. The van der Waals surface area contributed by atoms with Gasteiger partial charge < -0.3 is 5.73 Å². The third kappa shape index (κ3) is 2.67. The lowest BCUT2D eigenvalue weighted by molar-refractivity contribution is 0.619. The number of halogens is 1. The van der Waals surface area contributed by atoms with Gasteiger partial charge in [0.2, 0.25) is 0 Å². The lowest BCUT2D eigenvalue weighted by Crippen LogP contribution is -1.96. The molecular formula is C21H17FN4. The van der Waals surface area contributed by atoms with Crippen molar-refractivity contribution in [2.24, 2.45) is 0 Å². The predicted octanol–water partition coefficient (Wildman–Crippen LogP) is 4.70. The van der Waals surface area contributed by atoms with E-state index in [0.29, 0.717) is 11.4 Å². The summed E-state index contributed by atoms with van der Waals surface area (Å²) >= 11 is 0. The van der Waals surface area contributed by atoms with Gasteiger partial charge in [-0.3, -0.25) is 4.98 Å². The fourth-order valence-electron chi connectivity index (χ4n) is 3.18. The first-order chi connectivity index (χ1) is 12.5. The minimum absolute atomic E-state index is 0.224. The predicted molar refractivity (Wildman–Crippen MR) is 102 cm³/mol. The second-order valence-corrected chi connectivity index (χ2v) is 6.31. The van der Waals surface area contributed by atoms with Crippen molar-refractivity contribution in [3.8, 4) is 22.4 Å². The summed E-state index contributed by atoms with van der Waals surface area (Å²) in [5.41, 5.74) is 12.1. The SMILES string of the molecule is Cc1cc(-c2ncccc2-c2cc(C)c3ncnc(N)c3c2)ccc1F. The highest BCUT2D eigenvalue weighted by Gasteiger charge is 2.13. The van der Waals surface area contributed by atoms with Crippen molar-refractivity contribution < 1.29 is 4.39 Å². The number of rotatable bonds is 2. The Morgan fingerprint density at radius 1 is 0.885 bits per heavy atom. The zero-order chi connectivity index (χ0) is 18.3. The molecule has 0 saturated carbocycles. The van der Waals surface area contributed by atoms with Crippen LogP contribution in [0.2, 0.25) is 0 Å². The van der Waals surface area contributed by atoms with Gasteiger partial charge in [-0.2, -0.15) is 0 Å². The molecule has 0 aliphatic carbocycles. The molecular weight excluding hydrogens is 327 g/mol. The topological polar surface area (TPSA) is 64.7 Å². The standard InChI is InChI=1S/C21H17FN4/c1-12-8-14(5-6-18(12)22)20-16(4-3-7-24-20)15-9-13(2)19-17(10-15)21(23)26-11-25-19/h3-11H,1-2H3,(H2,23,25,26). The van der Waals surface area contributed by atoms with E-state index in [9.17, 15) is 4.39 Å². The van der Waals surface area contributed by atoms with Crippen LogP contribution in [0.15, 0.2) is 55.0 Å². The van der Waals surface area contributed by atoms with Gasteiger partial charge in [-0.15, -0.1) is 0 Å². The number of anilines is 1. The number of hydrogen-bond donors (Lipinski definition) is 1. The summed E-state index contributed by atoms with van der Waals surface area (Å²) in [5.74, 6) is 0.223. The molecule has 0 radical (unpaired) electrons. The second-order valence-electron chi connectivity index (χ2n) is 6.31. The van der Waals surface area contributed by atoms with Crippen LogP contribution in [-0.2, 0) is 0 Å². The second kappa shape index (κ2) is 6.19. The van der Waals surface area contributed by atoms with Crippen LogP contribution >= 0.6 is 0 Å². The van der Waals surface area contributed by atoms with Crippen molar-refractivity contribution in [3.05, 3.63) is 71.9 Å². The number of nitrogens with two attached hydrogens (primary N) is 1. The smallest absolute Gasteiger partial charge is 0.134 e. The Hall–Kier alpha value is -3.34.